The van der Waals surface area contributed by atoms with Gasteiger partial charge in [-0.1, -0.05) is 18.7 Å². The van der Waals surface area contributed by atoms with E-state index in [9.17, 15) is 10.1 Å². The lowest BCUT2D eigenvalue weighted by Gasteiger charge is -2.25. The highest BCUT2D eigenvalue weighted by atomic mass is 16.5. The van der Waals surface area contributed by atoms with Crippen molar-refractivity contribution in [1.82, 2.24) is 0 Å². The summed E-state index contributed by atoms with van der Waals surface area (Å²) >= 11 is 0. The summed E-state index contributed by atoms with van der Waals surface area (Å²) in [6.07, 6.45) is 1.64. The monoisotopic (exact) mass is 428 g/mol. The van der Waals surface area contributed by atoms with Gasteiger partial charge in [-0.2, -0.15) is 5.26 Å². The van der Waals surface area contributed by atoms with Crippen LogP contribution >= 0.6 is 0 Å². The highest BCUT2D eigenvalue weighted by Crippen LogP contribution is 2.43. The molecule has 32 heavy (non-hydrogen) atoms. The number of allylic oxidation sites excluding steroid dienone is 1. The summed E-state index contributed by atoms with van der Waals surface area (Å²) in [5, 5.41) is 9.60. The highest BCUT2D eigenvalue weighted by molar-refractivity contribution is 5.91. The molecule has 3 aromatic rings. The van der Waals surface area contributed by atoms with Crippen LogP contribution in [0.1, 0.15) is 33.4 Å². The summed E-state index contributed by atoms with van der Waals surface area (Å²) in [5.74, 6) is 1.53. The molecule has 1 unspecified atom stereocenters. The third-order valence-corrected chi connectivity index (χ3v) is 4.90. The van der Waals surface area contributed by atoms with E-state index >= 15 is 0 Å². The Labute approximate surface area is 184 Å². The van der Waals surface area contributed by atoms with Gasteiger partial charge in [0.1, 0.15) is 47.0 Å². The van der Waals surface area contributed by atoms with Crippen molar-refractivity contribution >= 4 is 5.97 Å². The number of furan rings is 1. The van der Waals surface area contributed by atoms with Crippen molar-refractivity contribution < 1.29 is 23.4 Å². The molecule has 4 rings (SSSR count). The number of carbonyl (C=O) groups excluding carboxylic acids is 1. The van der Waals surface area contributed by atoms with E-state index in [1.54, 1.807) is 54.6 Å². The maximum Gasteiger partial charge on any atom is 0.343 e. The van der Waals surface area contributed by atoms with E-state index in [2.05, 4.69) is 12.6 Å². The SMILES string of the molecule is C=CCOc1ccc(C(=O)Oc2ccc3c(c2)OC(N)=C(C#N)C3c2ccc(C)o2)cc1. The van der Waals surface area contributed by atoms with Crippen LogP contribution in [0.2, 0.25) is 0 Å². The fourth-order valence-electron chi connectivity index (χ4n) is 3.41. The van der Waals surface area contributed by atoms with E-state index in [4.69, 9.17) is 24.4 Å². The van der Waals surface area contributed by atoms with E-state index in [-0.39, 0.29) is 17.2 Å². The Morgan fingerprint density at radius 3 is 2.59 bits per heavy atom. The maximum absolute atomic E-state index is 12.5. The normalized spacial score (nSPS) is 14.7. The van der Waals surface area contributed by atoms with Crippen molar-refractivity contribution in [1.29, 1.82) is 5.26 Å². The molecular weight excluding hydrogens is 408 g/mol. The van der Waals surface area contributed by atoms with Crippen LogP contribution in [0.5, 0.6) is 17.2 Å². The number of hydrogen-bond acceptors (Lipinski definition) is 7. The van der Waals surface area contributed by atoms with Crippen LogP contribution < -0.4 is 19.9 Å². The summed E-state index contributed by atoms with van der Waals surface area (Å²) in [7, 11) is 0. The first-order valence-corrected chi connectivity index (χ1v) is 9.84. The molecule has 2 heterocycles. The Morgan fingerprint density at radius 1 is 1.19 bits per heavy atom. The van der Waals surface area contributed by atoms with Gasteiger partial charge in [-0.3, -0.25) is 0 Å². The third-order valence-electron chi connectivity index (χ3n) is 4.90. The van der Waals surface area contributed by atoms with Gasteiger partial charge in [-0.25, -0.2) is 4.79 Å². The van der Waals surface area contributed by atoms with Gasteiger partial charge < -0.3 is 24.4 Å². The second kappa shape index (κ2) is 8.74. The molecule has 0 fully saturated rings. The van der Waals surface area contributed by atoms with E-state index in [0.717, 1.165) is 5.76 Å². The molecule has 0 spiro atoms. The van der Waals surface area contributed by atoms with Gasteiger partial charge in [0.2, 0.25) is 5.88 Å². The minimum Gasteiger partial charge on any atom is -0.490 e. The first-order valence-electron chi connectivity index (χ1n) is 9.84. The molecular formula is C25H20N2O5. The molecule has 0 amide bonds. The van der Waals surface area contributed by atoms with Crippen LogP contribution in [0.4, 0.5) is 0 Å². The number of hydrogen-bond donors (Lipinski definition) is 1. The zero-order valence-electron chi connectivity index (χ0n) is 17.3. The summed E-state index contributed by atoms with van der Waals surface area (Å²) in [5.41, 5.74) is 7.31. The minimum absolute atomic E-state index is 0.0161. The number of nitrogens with zero attached hydrogens (tertiary/aromatic N) is 1. The lowest BCUT2D eigenvalue weighted by atomic mass is 9.87. The lowest BCUT2D eigenvalue weighted by Crippen LogP contribution is -2.21. The van der Waals surface area contributed by atoms with Gasteiger partial charge in [0.25, 0.3) is 0 Å². The number of nitriles is 1. The van der Waals surface area contributed by atoms with Crippen LogP contribution in [0, 0.1) is 18.3 Å². The largest absolute Gasteiger partial charge is 0.490 e. The Bertz CT molecular complexity index is 1250. The van der Waals surface area contributed by atoms with Crippen molar-refractivity contribution in [2.75, 3.05) is 6.61 Å². The fourth-order valence-corrected chi connectivity index (χ4v) is 3.41. The van der Waals surface area contributed by atoms with Crippen LogP contribution in [-0.4, -0.2) is 12.6 Å². The zero-order valence-corrected chi connectivity index (χ0v) is 17.3. The Balaban J connectivity index is 1.58. The molecule has 1 aliphatic rings. The van der Waals surface area contributed by atoms with Gasteiger partial charge in [-0.15, -0.1) is 0 Å². The number of carbonyl (C=O) groups is 1. The second-order valence-electron chi connectivity index (χ2n) is 7.09. The van der Waals surface area contributed by atoms with E-state index < -0.39 is 11.9 Å². The summed E-state index contributed by atoms with van der Waals surface area (Å²) in [6.45, 7) is 5.79. The predicted octanol–water partition coefficient (Wildman–Crippen LogP) is 4.59. The number of benzene rings is 2. The summed E-state index contributed by atoms with van der Waals surface area (Å²) < 4.78 is 22.3. The van der Waals surface area contributed by atoms with E-state index in [0.29, 0.717) is 35.0 Å². The first kappa shape index (κ1) is 20.8. The topological polar surface area (TPSA) is 108 Å². The molecule has 1 atom stereocenters. The molecule has 0 saturated carbocycles. The first-order chi connectivity index (χ1) is 15.5. The third kappa shape index (κ3) is 4.07. The summed E-state index contributed by atoms with van der Waals surface area (Å²) in [6, 6.07) is 17.3. The second-order valence-corrected chi connectivity index (χ2v) is 7.09. The Morgan fingerprint density at radius 2 is 1.94 bits per heavy atom. The molecule has 0 bridgehead atoms. The van der Waals surface area contributed by atoms with Crippen LogP contribution in [0.25, 0.3) is 0 Å². The molecule has 1 aliphatic heterocycles. The molecule has 7 heteroatoms. The molecule has 1 aromatic heterocycles. The van der Waals surface area contributed by atoms with E-state index in [1.165, 1.54) is 0 Å². The number of esters is 1. The summed E-state index contributed by atoms with van der Waals surface area (Å²) in [4.78, 5) is 12.5. The van der Waals surface area contributed by atoms with Crippen molar-refractivity contribution in [3.05, 3.63) is 101 Å². The Hall–Kier alpha value is -4.44. The number of nitrogens with two attached hydrogens (primary N) is 1. The van der Waals surface area contributed by atoms with Crippen LogP contribution in [0.15, 0.2) is 83.1 Å². The van der Waals surface area contributed by atoms with Gasteiger partial charge in [0.05, 0.1) is 11.5 Å². The number of ether oxygens (including phenoxy) is 3. The number of rotatable bonds is 6. The number of aryl methyl sites for hydroxylation is 1. The number of fused-ring (bicyclic) bond motifs is 1. The van der Waals surface area contributed by atoms with Crippen LogP contribution in [0.3, 0.4) is 0 Å². The Kier molecular flexibility index (Phi) is 5.69. The minimum atomic E-state index is -0.532. The lowest BCUT2D eigenvalue weighted by molar-refractivity contribution is 0.0734. The average Bonchev–Trinajstić information content (AvgIpc) is 3.22. The predicted molar refractivity (Wildman–Crippen MR) is 116 cm³/mol. The molecule has 0 radical (unpaired) electrons. The molecule has 160 valence electrons. The van der Waals surface area contributed by atoms with Crippen LogP contribution in [-0.2, 0) is 0 Å². The van der Waals surface area contributed by atoms with Crippen molar-refractivity contribution in [3.63, 3.8) is 0 Å². The smallest absolute Gasteiger partial charge is 0.343 e. The molecule has 2 aromatic carbocycles. The molecule has 7 nitrogen and oxygen atoms in total. The highest BCUT2D eigenvalue weighted by Gasteiger charge is 2.33. The van der Waals surface area contributed by atoms with Crippen molar-refractivity contribution in [2.24, 2.45) is 5.73 Å². The molecule has 2 N–H and O–H groups in total. The van der Waals surface area contributed by atoms with Gasteiger partial charge in [-0.05, 0) is 49.4 Å². The standard InChI is InChI=1S/C25H20N2O5/c1-3-12-29-17-7-5-16(6-8-17)25(28)31-18-9-10-19-22(13-18)32-24(27)20(14-26)23(19)21-11-4-15(2)30-21/h3-11,13,23H,1,12,27H2,2H3. The van der Waals surface area contributed by atoms with Gasteiger partial charge >= 0.3 is 5.97 Å². The maximum atomic E-state index is 12.5. The zero-order chi connectivity index (χ0) is 22.7. The molecule has 0 saturated heterocycles. The van der Waals surface area contributed by atoms with Gasteiger partial charge in [0.15, 0.2) is 0 Å². The quantitative estimate of drug-likeness (QED) is 0.347. The van der Waals surface area contributed by atoms with Crippen molar-refractivity contribution in [3.8, 4) is 23.3 Å². The average molecular weight is 428 g/mol. The van der Waals surface area contributed by atoms with Crippen molar-refractivity contribution in [2.45, 2.75) is 12.8 Å². The fraction of sp³-hybridized carbons (Fsp3) is 0.120. The van der Waals surface area contributed by atoms with Gasteiger partial charge in [0, 0.05) is 11.6 Å². The molecule has 0 aliphatic carbocycles. The van der Waals surface area contributed by atoms with E-state index in [1.807, 2.05) is 13.0 Å².